The number of fused-ring (bicyclic) bond motifs is 1. The van der Waals surface area contributed by atoms with Crippen LogP contribution in [0, 0.1) is 18.3 Å². The minimum absolute atomic E-state index is 0.132. The van der Waals surface area contributed by atoms with E-state index in [1.807, 2.05) is 49.4 Å². The second-order valence-electron chi connectivity index (χ2n) is 11.1. The third-order valence-corrected chi connectivity index (χ3v) is 8.40. The number of pyridine rings is 1. The molecule has 2 aromatic heterocycles. The highest BCUT2D eigenvalue weighted by Crippen LogP contribution is 2.70. The maximum atomic E-state index is 12.9. The van der Waals surface area contributed by atoms with Crippen molar-refractivity contribution in [1.82, 2.24) is 20.3 Å². The molecule has 4 aromatic rings. The van der Waals surface area contributed by atoms with E-state index in [0.29, 0.717) is 29.0 Å². The number of rotatable bonds is 7. The molecule has 198 valence electrons. The van der Waals surface area contributed by atoms with Crippen molar-refractivity contribution < 1.29 is 9.53 Å². The molecule has 39 heavy (non-hydrogen) atoms. The number of hydrogen-bond acceptors (Lipinski definition) is 7. The van der Waals surface area contributed by atoms with Crippen molar-refractivity contribution in [1.29, 1.82) is 0 Å². The third-order valence-electron chi connectivity index (χ3n) is 8.40. The molecule has 8 heteroatoms. The summed E-state index contributed by atoms with van der Waals surface area (Å²) in [5.41, 5.74) is 3.64. The van der Waals surface area contributed by atoms with Gasteiger partial charge in [0.15, 0.2) is 0 Å². The smallest absolute Gasteiger partial charge is 0.228 e. The van der Waals surface area contributed by atoms with Gasteiger partial charge in [-0.15, -0.1) is 0 Å². The topological polar surface area (TPSA) is 101 Å². The first-order valence-electron chi connectivity index (χ1n) is 13.9. The summed E-state index contributed by atoms with van der Waals surface area (Å²) in [5.74, 6) is 2.08. The van der Waals surface area contributed by atoms with E-state index in [2.05, 4.69) is 32.0 Å². The lowest BCUT2D eigenvalue weighted by molar-refractivity contribution is -0.117. The predicted octanol–water partition coefficient (Wildman–Crippen LogP) is 5.70. The summed E-state index contributed by atoms with van der Waals surface area (Å²) < 4.78 is 6.55. The summed E-state index contributed by atoms with van der Waals surface area (Å²) in [6, 6.07) is 16.1. The first kappa shape index (κ1) is 24.0. The number of nitrogens with one attached hydrogen (secondary N) is 3. The molecule has 3 heterocycles. The van der Waals surface area contributed by atoms with E-state index in [1.165, 1.54) is 12.8 Å². The van der Waals surface area contributed by atoms with Crippen LogP contribution < -0.4 is 20.7 Å². The highest BCUT2D eigenvalue weighted by atomic mass is 16.5. The average Bonchev–Trinajstić information content (AvgIpc) is 3.89. The van der Waals surface area contributed by atoms with E-state index >= 15 is 0 Å². The molecule has 2 aromatic carbocycles. The molecule has 1 spiro atoms. The summed E-state index contributed by atoms with van der Waals surface area (Å²) in [6.07, 6.45) is 9.11. The van der Waals surface area contributed by atoms with Crippen LogP contribution in [0.25, 0.3) is 22.0 Å². The standard InChI is InChI=1S/C31H32N6O2/c1-19-9-10-21-22(6-2-8-25(21)36-28(38)24-17-31(24)12-13-31)27(19)39-29-23(7-4-15-33-29)26-11-16-34-30(37-26)35-20-5-3-14-32-18-20/h2,4,6-11,15-16,20,24,32H,3,5,12-14,17-18H2,1H3,(H,36,38)(H,34,35,37)/t20?,24-/m1/s1. The Morgan fingerprint density at radius 1 is 1.05 bits per heavy atom. The fourth-order valence-electron chi connectivity index (χ4n) is 5.83. The van der Waals surface area contributed by atoms with Crippen LogP contribution >= 0.6 is 0 Å². The SMILES string of the molecule is Cc1ccc2c(NC(=O)[C@H]3CC34CC4)cccc2c1Oc1ncccc1-c1ccnc(NC2CCCNC2)n1. The Morgan fingerprint density at radius 3 is 2.79 bits per heavy atom. The summed E-state index contributed by atoms with van der Waals surface area (Å²) in [4.78, 5) is 26.7. The Hall–Kier alpha value is -4.04. The Labute approximate surface area is 227 Å². The van der Waals surface area contributed by atoms with Crippen molar-refractivity contribution in [2.75, 3.05) is 23.7 Å². The number of aryl methyl sites for hydroxylation is 1. The molecule has 0 radical (unpaired) electrons. The summed E-state index contributed by atoms with van der Waals surface area (Å²) in [7, 11) is 0. The van der Waals surface area contributed by atoms with E-state index in [9.17, 15) is 4.79 Å². The van der Waals surface area contributed by atoms with Crippen molar-refractivity contribution >= 4 is 28.3 Å². The number of piperidine rings is 1. The van der Waals surface area contributed by atoms with Gasteiger partial charge < -0.3 is 20.7 Å². The van der Waals surface area contributed by atoms with Crippen LogP contribution in [-0.4, -0.2) is 40.0 Å². The zero-order chi connectivity index (χ0) is 26.4. The van der Waals surface area contributed by atoms with E-state index in [-0.39, 0.29) is 11.8 Å². The molecular formula is C31H32N6O2. The van der Waals surface area contributed by atoms with Gasteiger partial charge in [-0.05, 0) is 80.8 Å². The van der Waals surface area contributed by atoms with Gasteiger partial charge in [0, 0.05) is 47.4 Å². The van der Waals surface area contributed by atoms with Crippen LogP contribution in [0.4, 0.5) is 11.6 Å². The zero-order valence-electron chi connectivity index (χ0n) is 22.0. The number of hydrogen-bond donors (Lipinski definition) is 3. The largest absolute Gasteiger partial charge is 0.437 e. The van der Waals surface area contributed by atoms with Crippen molar-refractivity contribution in [3.05, 3.63) is 66.5 Å². The van der Waals surface area contributed by atoms with E-state index in [4.69, 9.17) is 9.72 Å². The second kappa shape index (κ2) is 9.61. The lowest BCUT2D eigenvalue weighted by Gasteiger charge is -2.23. The minimum atomic E-state index is 0.132. The molecule has 1 aliphatic heterocycles. The Kier molecular flexibility index (Phi) is 5.92. The quantitative estimate of drug-likeness (QED) is 0.288. The molecule has 1 unspecified atom stereocenters. The lowest BCUT2D eigenvalue weighted by atomic mass is 10.0. The summed E-state index contributed by atoms with van der Waals surface area (Å²) >= 11 is 0. The van der Waals surface area contributed by atoms with Gasteiger partial charge in [0.05, 0.1) is 11.3 Å². The molecule has 1 saturated heterocycles. The van der Waals surface area contributed by atoms with Gasteiger partial charge in [-0.2, -0.15) is 0 Å². The average molecular weight is 521 g/mol. The molecule has 3 N–H and O–H groups in total. The predicted molar refractivity (Wildman–Crippen MR) is 152 cm³/mol. The van der Waals surface area contributed by atoms with Gasteiger partial charge in [-0.3, -0.25) is 4.79 Å². The van der Waals surface area contributed by atoms with Gasteiger partial charge in [0.1, 0.15) is 5.75 Å². The normalized spacial score (nSPS) is 20.9. The monoisotopic (exact) mass is 520 g/mol. The summed E-state index contributed by atoms with van der Waals surface area (Å²) in [6.45, 7) is 3.98. The molecule has 7 rings (SSSR count). The van der Waals surface area contributed by atoms with E-state index in [1.54, 1.807) is 12.4 Å². The first-order valence-corrected chi connectivity index (χ1v) is 13.9. The molecule has 2 saturated carbocycles. The number of carbonyl (C=O) groups is 1. The van der Waals surface area contributed by atoms with Crippen molar-refractivity contribution in [2.45, 2.75) is 45.1 Å². The van der Waals surface area contributed by atoms with E-state index < -0.39 is 0 Å². The fraction of sp³-hybridized carbons (Fsp3) is 0.355. The van der Waals surface area contributed by atoms with Crippen LogP contribution in [0.15, 0.2) is 60.9 Å². The fourth-order valence-corrected chi connectivity index (χ4v) is 5.83. The van der Waals surface area contributed by atoms with Crippen LogP contribution in [0.1, 0.15) is 37.7 Å². The molecule has 3 aliphatic rings. The van der Waals surface area contributed by atoms with Gasteiger partial charge in [-0.1, -0.05) is 24.3 Å². The maximum Gasteiger partial charge on any atom is 0.228 e. The molecule has 8 nitrogen and oxygen atoms in total. The van der Waals surface area contributed by atoms with Crippen LogP contribution in [0.2, 0.25) is 0 Å². The Bertz CT molecular complexity index is 1560. The van der Waals surface area contributed by atoms with Crippen molar-refractivity contribution in [2.24, 2.45) is 11.3 Å². The number of aromatic nitrogens is 3. The molecule has 0 bridgehead atoms. The van der Waals surface area contributed by atoms with Crippen molar-refractivity contribution in [3.63, 3.8) is 0 Å². The lowest BCUT2D eigenvalue weighted by Crippen LogP contribution is -2.38. The first-order chi connectivity index (χ1) is 19.1. The zero-order valence-corrected chi connectivity index (χ0v) is 22.0. The van der Waals surface area contributed by atoms with Gasteiger partial charge >= 0.3 is 0 Å². The maximum absolute atomic E-state index is 12.9. The number of carbonyl (C=O) groups excluding carboxylic acids is 1. The number of ether oxygens (including phenoxy) is 1. The van der Waals surface area contributed by atoms with Gasteiger partial charge in [-0.25, -0.2) is 15.0 Å². The Balaban J connectivity index is 1.18. The van der Waals surface area contributed by atoms with Crippen LogP contribution in [0.3, 0.4) is 0 Å². The third kappa shape index (κ3) is 4.69. The molecule has 3 fully saturated rings. The molecular weight excluding hydrogens is 488 g/mol. The molecule has 2 aliphatic carbocycles. The van der Waals surface area contributed by atoms with Crippen molar-refractivity contribution in [3.8, 4) is 22.9 Å². The number of anilines is 2. The molecule has 2 atom stereocenters. The van der Waals surface area contributed by atoms with Crippen LogP contribution in [-0.2, 0) is 4.79 Å². The highest BCUT2D eigenvalue weighted by molar-refractivity contribution is 6.06. The Morgan fingerprint density at radius 2 is 1.97 bits per heavy atom. The van der Waals surface area contributed by atoms with Crippen LogP contribution in [0.5, 0.6) is 11.6 Å². The molecule has 1 amide bonds. The number of amides is 1. The second-order valence-corrected chi connectivity index (χ2v) is 11.1. The number of benzene rings is 2. The van der Waals surface area contributed by atoms with Gasteiger partial charge in [0.2, 0.25) is 17.7 Å². The minimum Gasteiger partial charge on any atom is -0.437 e. The van der Waals surface area contributed by atoms with E-state index in [0.717, 1.165) is 65.6 Å². The summed E-state index contributed by atoms with van der Waals surface area (Å²) in [5, 5.41) is 11.9. The number of nitrogens with zero attached hydrogens (tertiary/aromatic N) is 3. The van der Waals surface area contributed by atoms with Gasteiger partial charge in [0.25, 0.3) is 0 Å². The highest BCUT2D eigenvalue weighted by Gasteiger charge is 2.65.